The van der Waals surface area contributed by atoms with Crippen molar-refractivity contribution in [1.82, 2.24) is 4.98 Å². The monoisotopic (exact) mass is 404 g/mol. The number of benzene rings is 2. The molecule has 0 aliphatic rings. The molecular formula is C18H14BrFN2O3. The second-order valence-corrected chi connectivity index (χ2v) is 6.20. The molecule has 2 aromatic carbocycles. The lowest BCUT2D eigenvalue weighted by molar-refractivity contribution is -0.123. The number of para-hydroxylation sites is 1. The Morgan fingerprint density at radius 2 is 1.96 bits per heavy atom. The van der Waals surface area contributed by atoms with Gasteiger partial charge in [0.1, 0.15) is 11.5 Å². The lowest BCUT2D eigenvalue weighted by Crippen LogP contribution is -2.30. The van der Waals surface area contributed by atoms with E-state index in [1.165, 1.54) is 25.1 Å². The van der Waals surface area contributed by atoms with Gasteiger partial charge >= 0.3 is 5.97 Å². The molecule has 0 spiro atoms. The standard InChI is InChI=1S/C18H14BrFN2O3/c1-10(17(23)21-12-6-4-5-11(20)9-12)25-18(24)16-15(19)13-7-2-3-8-14(13)22-16/h2-10,22H,1H3,(H,21,23). The van der Waals surface area contributed by atoms with Crippen LogP contribution in [0.15, 0.2) is 53.0 Å². The van der Waals surface area contributed by atoms with E-state index in [0.29, 0.717) is 10.2 Å². The predicted molar refractivity (Wildman–Crippen MR) is 95.9 cm³/mol. The zero-order chi connectivity index (χ0) is 18.0. The van der Waals surface area contributed by atoms with Gasteiger partial charge in [0.05, 0.1) is 4.47 Å². The summed E-state index contributed by atoms with van der Waals surface area (Å²) in [6.45, 7) is 1.45. The van der Waals surface area contributed by atoms with E-state index >= 15 is 0 Å². The van der Waals surface area contributed by atoms with Crippen LogP contribution in [0, 0.1) is 5.82 Å². The zero-order valence-corrected chi connectivity index (χ0v) is 14.8. The van der Waals surface area contributed by atoms with E-state index in [0.717, 1.165) is 10.9 Å². The normalized spacial score (nSPS) is 12.0. The third-order valence-corrected chi connectivity index (χ3v) is 4.42. The Hall–Kier alpha value is -2.67. The molecule has 25 heavy (non-hydrogen) atoms. The Balaban J connectivity index is 1.71. The van der Waals surface area contributed by atoms with Crippen molar-refractivity contribution in [1.29, 1.82) is 0 Å². The molecule has 1 atom stereocenters. The van der Waals surface area contributed by atoms with E-state index in [4.69, 9.17) is 4.74 Å². The number of halogens is 2. The van der Waals surface area contributed by atoms with Crippen molar-refractivity contribution in [2.75, 3.05) is 5.32 Å². The van der Waals surface area contributed by atoms with E-state index in [2.05, 4.69) is 26.2 Å². The first-order chi connectivity index (χ1) is 12.0. The second kappa shape index (κ2) is 7.06. The summed E-state index contributed by atoms with van der Waals surface area (Å²) in [5, 5.41) is 3.34. The second-order valence-electron chi connectivity index (χ2n) is 5.41. The summed E-state index contributed by atoms with van der Waals surface area (Å²) in [5.41, 5.74) is 1.30. The minimum absolute atomic E-state index is 0.228. The van der Waals surface area contributed by atoms with Crippen LogP contribution in [0.25, 0.3) is 10.9 Å². The highest BCUT2D eigenvalue weighted by Gasteiger charge is 2.23. The predicted octanol–water partition coefficient (Wildman–Crippen LogP) is 4.25. The molecule has 0 radical (unpaired) electrons. The molecule has 1 heterocycles. The number of carbonyl (C=O) groups is 2. The number of fused-ring (bicyclic) bond motifs is 1. The molecule has 0 fully saturated rings. The molecule has 1 aromatic heterocycles. The molecule has 0 saturated carbocycles. The van der Waals surface area contributed by atoms with Crippen LogP contribution in [-0.4, -0.2) is 23.0 Å². The summed E-state index contributed by atoms with van der Waals surface area (Å²) < 4.78 is 18.9. The van der Waals surface area contributed by atoms with Gasteiger partial charge in [0.2, 0.25) is 0 Å². The number of hydrogen-bond acceptors (Lipinski definition) is 3. The van der Waals surface area contributed by atoms with Gasteiger partial charge in [0, 0.05) is 16.6 Å². The first kappa shape index (κ1) is 17.2. The Morgan fingerprint density at radius 3 is 2.68 bits per heavy atom. The van der Waals surface area contributed by atoms with Crippen LogP contribution in [0.3, 0.4) is 0 Å². The average Bonchev–Trinajstić information content (AvgIpc) is 2.92. The lowest BCUT2D eigenvalue weighted by atomic mass is 10.2. The van der Waals surface area contributed by atoms with Gasteiger partial charge in [0.15, 0.2) is 6.10 Å². The Bertz CT molecular complexity index is 954. The molecule has 1 unspecified atom stereocenters. The minimum atomic E-state index is -1.05. The molecule has 7 heteroatoms. The van der Waals surface area contributed by atoms with Crippen LogP contribution in [0.1, 0.15) is 17.4 Å². The number of esters is 1. The SMILES string of the molecule is CC(OC(=O)c1[nH]c2ccccc2c1Br)C(=O)Nc1cccc(F)c1. The number of aromatic amines is 1. The Kier molecular flexibility index (Phi) is 4.85. The van der Waals surface area contributed by atoms with Gasteiger partial charge in [-0.05, 0) is 47.1 Å². The summed E-state index contributed by atoms with van der Waals surface area (Å²) in [6.07, 6.45) is -1.05. The van der Waals surface area contributed by atoms with E-state index in [1.807, 2.05) is 24.3 Å². The van der Waals surface area contributed by atoms with Crippen molar-refractivity contribution in [2.45, 2.75) is 13.0 Å². The number of anilines is 1. The molecule has 0 bridgehead atoms. The number of carbonyl (C=O) groups excluding carboxylic acids is 2. The summed E-state index contributed by atoms with van der Waals surface area (Å²) in [5.74, 6) is -1.68. The fourth-order valence-electron chi connectivity index (χ4n) is 2.33. The van der Waals surface area contributed by atoms with Gasteiger partial charge in [-0.1, -0.05) is 24.3 Å². The highest BCUT2D eigenvalue weighted by molar-refractivity contribution is 9.10. The molecule has 5 nitrogen and oxygen atoms in total. The summed E-state index contributed by atoms with van der Waals surface area (Å²) in [6, 6.07) is 12.9. The van der Waals surface area contributed by atoms with Gasteiger partial charge in [-0.25, -0.2) is 9.18 Å². The fourth-order valence-corrected chi connectivity index (χ4v) is 2.94. The van der Waals surface area contributed by atoms with Crippen molar-refractivity contribution in [3.63, 3.8) is 0 Å². The van der Waals surface area contributed by atoms with Crippen molar-refractivity contribution in [3.05, 3.63) is 64.5 Å². The lowest BCUT2D eigenvalue weighted by Gasteiger charge is -2.13. The molecule has 3 aromatic rings. The van der Waals surface area contributed by atoms with E-state index in [9.17, 15) is 14.0 Å². The van der Waals surface area contributed by atoms with Crippen LogP contribution in [0.2, 0.25) is 0 Å². The number of amides is 1. The maximum atomic E-state index is 13.1. The van der Waals surface area contributed by atoms with Gasteiger partial charge in [-0.2, -0.15) is 0 Å². The molecule has 0 saturated heterocycles. The quantitative estimate of drug-likeness (QED) is 0.638. The number of H-pyrrole nitrogens is 1. The van der Waals surface area contributed by atoms with Crippen molar-refractivity contribution < 1.29 is 18.7 Å². The number of nitrogens with one attached hydrogen (secondary N) is 2. The third-order valence-electron chi connectivity index (χ3n) is 3.59. The van der Waals surface area contributed by atoms with Gasteiger partial charge in [-0.3, -0.25) is 4.79 Å². The maximum absolute atomic E-state index is 13.1. The zero-order valence-electron chi connectivity index (χ0n) is 13.2. The van der Waals surface area contributed by atoms with E-state index in [1.54, 1.807) is 6.07 Å². The summed E-state index contributed by atoms with van der Waals surface area (Å²) >= 11 is 3.37. The fraction of sp³-hybridized carbons (Fsp3) is 0.111. The first-order valence-electron chi connectivity index (χ1n) is 7.49. The number of hydrogen-bond donors (Lipinski definition) is 2. The number of aromatic nitrogens is 1. The molecular weight excluding hydrogens is 391 g/mol. The largest absolute Gasteiger partial charge is 0.448 e. The Labute approximate surface area is 151 Å². The van der Waals surface area contributed by atoms with Crippen molar-refractivity contribution in [3.8, 4) is 0 Å². The summed E-state index contributed by atoms with van der Waals surface area (Å²) in [4.78, 5) is 27.4. The average molecular weight is 405 g/mol. The highest BCUT2D eigenvalue weighted by Crippen LogP contribution is 2.28. The number of ether oxygens (including phenoxy) is 1. The molecule has 0 aliphatic carbocycles. The smallest absolute Gasteiger partial charge is 0.356 e. The van der Waals surface area contributed by atoms with Gasteiger partial charge in [-0.15, -0.1) is 0 Å². The van der Waals surface area contributed by atoms with Crippen molar-refractivity contribution in [2.24, 2.45) is 0 Å². The van der Waals surface area contributed by atoms with Gasteiger partial charge in [0.25, 0.3) is 5.91 Å². The maximum Gasteiger partial charge on any atom is 0.356 e. The van der Waals surface area contributed by atoms with Crippen LogP contribution in [0.5, 0.6) is 0 Å². The first-order valence-corrected chi connectivity index (χ1v) is 8.28. The third kappa shape index (κ3) is 3.71. The van der Waals surface area contributed by atoms with Crippen LogP contribution < -0.4 is 5.32 Å². The highest BCUT2D eigenvalue weighted by atomic mass is 79.9. The van der Waals surface area contributed by atoms with Crippen LogP contribution in [-0.2, 0) is 9.53 Å². The van der Waals surface area contributed by atoms with Crippen molar-refractivity contribution >= 4 is 44.4 Å². The van der Waals surface area contributed by atoms with E-state index in [-0.39, 0.29) is 5.69 Å². The number of rotatable bonds is 4. The Morgan fingerprint density at radius 1 is 1.20 bits per heavy atom. The van der Waals surface area contributed by atoms with Crippen LogP contribution in [0.4, 0.5) is 10.1 Å². The van der Waals surface area contributed by atoms with Crippen LogP contribution >= 0.6 is 15.9 Å². The molecule has 1 amide bonds. The molecule has 0 aliphatic heterocycles. The van der Waals surface area contributed by atoms with Gasteiger partial charge < -0.3 is 15.0 Å². The molecule has 128 valence electrons. The minimum Gasteiger partial charge on any atom is -0.448 e. The topological polar surface area (TPSA) is 71.2 Å². The van der Waals surface area contributed by atoms with E-state index < -0.39 is 23.8 Å². The molecule has 2 N–H and O–H groups in total. The molecule has 3 rings (SSSR count). The summed E-state index contributed by atoms with van der Waals surface area (Å²) in [7, 11) is 0.